The van der Waals surface area contributed by atoms with Gasteiger partial charge in [-0.3, -0.25) is 4.79 Å². The number of thiazole rings is 1. The topological polar surface area (TPSA) is 83.4 Å². The molecule has 1 fully saturated rings. The maximum absolute atomic E-state index is 12.6. The molecule has 0 atom stereocenters. The highest BCUT2D eigenvalue weighted by Crippen LogP contribution is 2.34. The molecule has 3 aromatic rings. The molecule has 2 aromatic heterocycles. The quantitative estimate of drug-likeness (QED) is 0.767. The Hall–Kier alpha value is -2.80. The third kappa shape index (κ3) is 3.17. The molecule has 26 heavy (non-hydrogen) atoms. The van der Waals surface area contributed by atoms with Crippen molar-refractivity contribution in [1.82, 2.24) is 14.9 Å². The third-order valence-corrected chi connectivity index (χ3v) is 5.83. The van der Waals surface area contributed by atoms with E-state index in [0.29, 0.717) is 19.0 Å². The van der Waals surface area contributed by atoms with E-state index in [4.69, 9.17) is 10.1 Å². The fourth-order valence-electron chi connectivity index (χ4n) is 3.23. The second kappa shape index (κ2) is 6.84. The van der Waals surface area contributed by atoms with Gasteiger partial charge in [-0.25, -0.2) is 14.8 Å². The lowest BCUT2D eigenvalue weighted by Gasteiger charge is -2.30. The van der Waals surface area contributed by atoms with Gasteiger partial charge in [0.1, 0.15) is 11.4 Å². The van der Waals surface area contributed by atoms with Crippen molar-refractivity contribution in [3.8, 4) is 0 Å². The van der Waals surface area contributed by atoms with Gasteiger partial charge in [-0.1, -0.05) is 18.2 Å². The molecule has 7 heteroatoms. The molecular formula is C19H17N3O3S. The Labute approximate surface area is 154 Å². The van der Waals surface area contributed by atoms with Gasteiger partial charge < -0.3 is 10.0 Å². The number of carbonyl (C=O) groups is 2. The molecule has 1 aliphatic rings. The highest BCUT2D eigenvalue weighted by Gasteiger charge is 2.27. The van der Waals surface area contributed by atoms with Crippen molar-refractivity contribution in [2.45, 2.75) is 18.8 Å². The predicted molar refractivity (Wildman–Crippen MR) is 98.7 cm³/mol. The van der Waals surface area contributed by atoms with Crippen LogP contribution < -0.4 is 0 Å². The van der Waals surface area contributed by atoms with Crippen molar-refractivity contribution in [3.05, 3.63) is 58.9 Å². The minimum atomic E-state index is -1.13. The van der Waals surface area contributed by atoms with Gasteiger partial charge in [-0.15, -0.1) is 11.3 Å². The molecule has 1 saturated heterocycles. The number of fused-ring (bicyclic) bond motifs is 1. The number of amides is 1. The molecule has 1 aromatic carbocycles. The van der Waals surface area contributed by atoms with Crippen LogP contribution in [0.3, 0.4) is 0 Å². The number of para-hydroxylation sites is 1. The smallest absolute Gasteiger partial charge is 0.354 e. The second-order valence-corrected chi connectivity index (χ2v) is 7.36. The number of carbonyl (C=O) groups excluding carboxylic acids is 1. The Morgan fingerprint density at radius 3 is 2.46 bits per heavy atom. The first-order valence-electron chi connectivity index (χ1n) is 8.47. The lowest BCUT2D eigenvalue weighted by atomic mass is 9.97. The van der Waals surface area contributed by atoms with Crippen LogP contribution in [0.1, 0.15) is 44.7 Å². The van der Waals surface area contributed by atoms with Crippen LogP contribution in [0, 0.1) is 0 Å². The van der Waals surface area contributed by atoms with Crippen LogP contribution in [0.2, 0.25) is 0 Å². The lowest BCUT2D eigenvalue weighted by Crippen LogP contribution is -2.38. The molecule has 1 amide bonds. The van der Waals surface area contributed by atoms with Gasteiger partial charge >= 0.3 is 5.97 Å². The maximum atomic E-state index is 12.6. The first kappa shape index (κ1) is 16.7. The van der Waals surface area contributed by atoms with Crippen LogP contribution >= 0.6 is 11.3 Å². The molecule has 0 unspecified atom stereocenters. The van der Waals surface area contributed by atoms with E-state index in [1.165, 1.54) is 10.8 Å². The molecule has 4 rings (SSSR count). The number of aromatic nitrogens is 2. The molecule has 6 nitrogen and oxygen atoms in total. The second-order valence-electron chi connectivity index (χ2n) is 6.30. The summed E-state index contributed by atoms with van der Waals surface area (Å²) in [7, 11) is 0. The Bertz CT molecular complexity index is 944. The summed E-state index contributed by atoms with van der Waals surface area (Å²) in [5.74, 6) is -0.986. The third-order valence-electron chi connectivity index (χ3n) is 4.63. The molecule has 0 saturated carbocycles. The summed E-state index contributed by atoms with van der Waals surface area (Å²) in [6, 6.07) is 12.6. The summed E-state index contributed by atoms with van der Waals surface area (Å²) in [5.41, 5.74) is 1.10. The fraction of sp³-hybridized carbons (Fsp3) is 0.263. The van der Waals surface area contributed by atoms with Crippen molar-refractivity contribution in [2.24, 2.45) is 0 Å². The standard InChI is InChI=1S/C19H17N3O3S/c23-18(14-5-3-6-15(20-14)19(24)25)22-10-8-12(9-11-22)17-21-13-4-1-2-7-16(13)26-17/h1-7,12H,8-11H2,(H,24,25). The average molecular weight is 367 g/mol. The van der Waals surface area contributed by atoms with Gasteiger partial charge in [-0.2, -0.15) is 0 Å². The molecule has 1 N–H and O–H groups in total. The van der Waals surface area contributed by atoms with Gasteiger partial charge in [-0.05, 0) is 37.1 Å². The number of carboxylic acids is 1. The molecule has 1 aliphatic heterocycles. The Morgan fingerprint density at radius 2 is 1.73 bits per heavy atom. The number of likely N-dealkylation sites (tertiary alicyclic amines) is 1. The van der Waals surface area contributed by atoms with Crippen molar-refractivity contribution in [1.29, 1.82) is 0 Å². The highest BCUT2D eigenvalue weighted by atomic mass is 32.1. The zero-order valence-corrected chi connectivity index (χ0v) is 14.8. The first-order valence-corrected chi connectivity index (χ1v) is 9.28. The molecule has 132 valence electrons. The summed E-state index contributed by atoms with van der Waals surface area (Å²) in [6.45, 7) is 1.25. The monoisotopic (exact) mass is 367 g/mol. The van der Waals surface area contributed by atoms with Crippen LogP contribution in [0.15, 0.2) is 42.5 Å². The lowest BCUT2D eigenvalue weighted by molar-refractivity contribution is 0.0688. The van der Waals surface area contributed by atoms with E-state index in [0.717, 1.165) is 23.4 Å². The number of hydrogen-bond donors (Lipinski definition) is 1. The van der Waals surface area contributed by atoms with Crippen molar-refractivity contribution >= 4 is 33.4 Å². The number of hydrogen-bond acceptors (Lipinski definition) is 5. The average Bonchev–Trinajstić information content (AvgIpc) is 3.12. The van der Waals surface area contributed by atoms with Crippen LogP contribution in [0.25, 0.3) is 10.2 Å². The van der Waals surface area contributed by atoms with Gasteiger partial charge in [0.15, 0.2) is 0 Å². The number of carboxylic acid groups (broad SMARTS) is 1. The summed E-state index contributed by atoms with van der Waals surface area (Å²) in [6.07, 6.45) is 1.70. The van der Waals surface area contributed by atoms with Crippen LogP contribution in [0.4, 0.5) is 0 Å². The number of benzene rings is 1. The largest absolute Gasteiger partial charge is 0.477 e. The van der Waals surface area contributed by atoms with E-state index in [1.807, 2.05) is 18.2 Å². The number of pyridine rings is 1. The van der Waals surface area contributed by atoms with Crippen LogP contribution in [-0.2, 0) is 0 Å². The van der Waals surface area contributed by atoms with E-state index in [9.17, 15) is 9.59 Å². The molecule has 0 aliphatic carbocycles. The number of piperidine rings is 1. The van der Waals surface area contributed by atoms with E-state index in [2.05, 4.69) is 11.1 Å². The van der Waals surface area contributed by atoms with Gasteiger partial charge in [0.05, 0.1) is 15.2 Å². The van der Waals surface area contributed by atoms with Gasteiger partial charge in [0.2, 0.25) is 0 Å². The minimum absolute atomic E-state index is 0.111. The van der Waals surface area contributed by atoms with E-state index in [1.54, 1.807) is 28.4 Å². The van der Waals surface area contributed by atoms with E-state index in [-0.39, 0.29) is 17.3 Å². The summed E-state index contributed by atoms with van der Waals surface area (Å²) >= 11 is 1.72. The van der Waals surface area contributed by atoms with E-state index < -0.39 is 5.97 Å². The zero-order valence-electron chi connectivity index (χ0n) is 14.0. The number of rotatable bonds is 3. The fourth-order valence-corrected chi connectivity index (χ4v) is 4.37. The van der Waals surface area contributed by atoms with Crippen molar-refractivity contribution in [2.75, 3.05) is 13.1 Å². The first-order chi connectivity index (χ1) is 12.6. The Kier molecular flexibility index (Phi) is 4.38. The summed E-state index contributed by atoms with van der Waals surface area (Å²) in [5, 5.41) is 10.2. The minimum Gasteiger partial charge on any atom is -0.477 e. The molecule has 3 heterocycles. The Balaban J connectivity index is 1.45. The predicted octanol–water partition coefficient (Wildman–Crippen LogP) is 3.41. The van der Waals surface area contributed by atoms with Crippen LogP contribution in [0.5, 0.6) is 0 Å². The SMILES string of the molecule is O=C(O)c1cccc(C(=O)N2CCC(c3nc4ccccc4s3)CC2)n1. The zero-order chi connectivity index (χ0) is 18.1. The highest BCUT2D eigenvalue weighted by molar-refractivity contribution is 7.18. The molecular weight excluding hydrogens is 350 g/mol. The number of nitrogens with zero attached hydrogens (tertiary/aromatic N) is 3. The molecule has 0 radical (unpaired) electrons. The van der Waals surface area contributed by atoms with Crippen LogP contribution in [-0.4, -0.2) is 44.9 Å². The normalized spacial score (nSPS) is 15.3. The van der Waals surface area contributed by atoms with Crippen molar-refractivity contribution < 1.29 is 14.7 Å². The van der Waals surface area contributed by atoms with Gasteiger partial charge in [0.25, 0.3) is 5.91 Å². The molecule has 0 bridgehead atoms. The molecule has 0 spiro atoms. The maximum Gasteiger partial charge on any atom is 0.354 e. The Morgan fingerprint density at radius 1 is 1.00 bits per heavy atom. The number of aromatic carboxylic acids is 1. The van der Waals surface area contributed by atoms with Gasteiger partial charge in [0, 0.05) is 19.0 Å². The van der Waals surface area contributed by atoms with E-state index >= 15 is 0 Å². The van der Waals surface area contributed by atoms with Crippen molar-refractivity contribution in [3.63, 3.8) is 0 Å². The summed E-state index contributed by atoms with van der Waals surface area (Å²) in [4.78, 5) is 34.1. The summed E-state index contributed by atoms with van der Waals surface area (Å²) < 4.78 is 1.19.